The molecule has 1 atom stereocenters. The highest BCUT2D eigenvalue weighted by molar-refractivity contribution is 5.37. The Morgan fingerprint density at radius 1 is 1.60 bits per heavy atom. The molecule has 0 aromatic carbocycles. The van der Waals surface area contributed by atoms with E-state index in [1.807, 2.05) is 0 Å². The SMILES string of the molecule is CCC(C)CCCO[C]=O. The smallest absolute Gasteiger partial charge is 0.417 e. The summed E-state index contributed by atoms with van der Waals surface area (Å²) < 4.78 is 4.42. The molecule has 0 fully saturated rings. The third kappa shape index (κ3) is 5.60. The van der Waals surface area contributed by atoms with E-state index in [1.54, 1.807) is 0 Å². The number of ether oxygens (including phenoxy) is 1. The van der Waals surface area contributed by atoms with Crippen molar-refractivity contribution in [2.24, 2.45) is 5.92 Å². The number of hydrogen-bond donors (Lipinski definition) is 0. The van der Waals surface area contributed by atoms with Crippen LogP contribution in [0.1, 0.15) is 33.1 Å². The maximum Gasteiger partial charge on any atom is 0.417 e. The molecule has 10 heavy (non-hydrogen) atoms. The molecular weight excluding hydrogens is 128 g/mol. The monoisotopic (exact) mass is 143 g/mol. The van der Waals surface area contributed by atoms with E-state index in [1.165, 1.54) is 12.9 Å². The topological polar surface area (TPSA) is 26.3 Å². The summed E-state index contributed by atoms with van der Waals surface area (Å²) in [6, 6.07) is 0. The van der Waals surface area contributed by atoms with Crippen LogP contribution in [-0.2, 0) is 9.53 Å². The van der Waals surface area contributed by atoms with Gasteiger partial charge < -0.3 is 4.74 Å². The molecule has 0 aliphatic rings. The first-order valence-electron chi connectivity index (χ1n) is 3.80. The first-order chi connectivity index (χ1) is 4.81. The van der Waals surface area contributed by atoms with E-state index >= 15 is 0 Å². The minimum Gasteiger partial charge on any atom is -0.457 e. The van der Waals surface area contributed by atoms with E-state index in [0.717, 1.165) is 18.8 Å². The van der Waals surface area contributed by atoms with E-state index in [0.29, 0.717) is 6.61 Å². The van der Waals surface area contributed by atoms with Crippen molar-refractivity contribution in [3.63, 3.8) is 0 Å². The van der Waals surface area contributed by atoms with Crippen molar-refractivity contribution in [3.05, 3.63) is 0 Å². The van der Waals surface area contributed by atoms with E-state index in [2.05, 4.69) is 18.6 Å². The zero-order valence-electron chi connectivity index (χ0n) is 6.72. The molecule has 0 aliphatic carbocycles. The summed E-state index contributed by atoms with van der Waals surface area (Å²) in [5.41, 5.74) is 0. The summed E-state index contributed by atoms with van der Waals surface area (Å²) in [6.45, 7) is 6.29. The Morgan fingerprint density at radius 2 is 2.30 bits per heavy atom. The van der Waals surface area contributed by atoms with Gasteiger partial charge in [-0.25, -0.2) is 4.79 Å². The van der Waals surface area contributed by atoms with Gasteiger partial charge in [0.1, 0.15) is 0 Å². The van der Waals surface area contributed by atoms with Crippen LogP contribution in [0.3, 0.4) is 0 Å². The molecule has 0 amide bonds. The number of carbonyl (C=O) groups excluding carboxylic acids is 1. The summed E-state index contributed by atoms with van der Waals surface area (Å²) in [7, 11) is 0. The summed E-state index contributed by atoms with van der Waals surface area (Å²) in [5.74, 6) is 0.746. The highest BCUT2D eigenvalue weighted by Gasteiger charge is 1.97. The van der Waals surface area contributed by atoms with Crippen LogP contribution in [0.25, 0.3) is 0 Å². The van der Waals surface area contributed by atoms with Gasteiger partial charge >= 0.3 is 6.47 Å². The Labute approximate surface area is 62.6 Å². The average Bonchev–Trinajstić information content (AvgIpc) is 1.98. The van der Waals surface area contributed by atoms with Gasteiger partial charge in [-0.05, 0) is 18.8 Å². The van der Waals surface area contributed by atoms with Crippen molar-refractivity contribution >= 4 is 6.47 Å². The maximum atomic E-state index is 9.57. The van der Waals surface area contributed by atoms with Gasteiger partial charge in [-0.15, -0.1) is 0 Å². The zero-order valence-corrected chi connectivity index (χ0v) is 6.72. The molecule has 59 valence electrons. The van der Waals surface area contributed by atoms with Gasteiger partial charge in [0.05, 0.1) is 6.61 Å². The van der Waals surface area contributed by atoms with Gasteiger partial charge in [-0.2, -0.15) is 0 Å². The van der Waals surface area contributed by atoms with E-state index in [-0.39, 0.29) is 0 Å². The van der Waals surface area contributed by atoms with Gasteiger partial charge in [0.2, 0.25) is 0 Å². The second kappa shape index (κ2) is 6.59. The fraction of sp³-hybridized carbons (Fsp3) is 0.875. The third-order valence-corrected chi connectivity index (χ3v) is 1.70. The Kier molecular flexibility index (Phi) is 6.24. The predicted octanol–water partition coefficient (Wildman–Crippen LogP) is 1.90. The van der Waals surface area contributed by atoms with Gasteiger partial charge in [-0.1, -0.05) is 20.3 Å². The fourth-order valence-electron chi connectivity index (χ4n) is 0.750. The molecule has 0 rings (SSSR count). The lowest BCUT2D eigenvalue weighted by atomic mass is 10.0. The van der Waals surface area contributed by atoms with Crippen molar-refractivity contribution in [3.8, 4) is 0 Å². The van der Waals surface area contributed by atoms with E-state index < -0.39 is 0 Å². The van der Waals surface area contributed by atoms with Crippen LogP contribution in [0, 0.1) is 5.92 Å². The molecule has 1 radical (unpaired) electrons. The molecule has 0 heterocycles. The van der Waals surface area contributed by atoms with Crippen LogP contribution in [0.15, 0.2) is 0 Å². The second-order valence-corrected chi connectivity index (χ2v) is 2.59. The van der Waals surface area contributed by atoms with E-state index in [4.69, 9.17) is 0 Å². The molecule has 0 saturated carbocycles. The molecule has 0 saturated heterocycles. The van der Waals surface area contributed by atoms with Crippen molar-refractivity contribution in [2.45, 2.75) is 33.1 Å². The molecule has 1 unspecified atom stereocenters. The Hall–Kier alpha value is -0.530. The van der Waals surface area contributed by atoms with Crippen LogP contribution in [-0.4, -0.2) is 13.1 Å². The molecular formula is C8H15O2. The predicted molar refractivity (Wildman–Crippen MR) is 40.3 cm³/mol. The van der Waals surface area contributed by atoms with Crippen molar-refractivity contribution in [2.75, 3.05) is 6.61 Å². The highest BCUT2D eigenvalue weighted by Crippen LogP contribution is 2.08. The summed E-state index contributed by atoms with van der Waals surface area (Å²) in [6.07, 6.45) is 3.30. The summed E-state index contributed by atoms with van der Waals surface area (Å²) in [5, 5.41) is 0. The molecule has 0 spiro atoms. The van der Waals surface area contributed by atoms with Crippen LogP contribution < -0.4 is 0 Å². The van der Waals surface area contributed by atoms with Crippen molar-refractivity contribution in [1.29, 1.82) is 0 Å². The summed E-state index contributed by atoms with van der Waals surface area (Å²) in [4.78, 5) is 9.57. The normalized spacial score (nSPS) is 12.6. The van der Waals surface area contributed by atoms with Gasteiger partial charge in [0.25, 0.3) is 0 Å². The van der Waals surface area contributed by atoms with Crippen LogP contribution in [0.4, 0.5) is 0 Å². The Morgan fingerprint density at radius 3 is 2.80 bits per heavy atom. The minimum atomic E-state index is 0.522. The lowest BCUT2D eigenvalue weighted by Gasteiger charge is -2.05. The average molecular weight is 143 g/mol. The fourth-order valence-corrected chi connectivity index (χ4v) is 0.750. The largest absolute Gasteiger partial charge is 0.457 e. The van der Waals surface area contributed by atoms with Crippen molar-refractivity contribution in [1.82, 2.24) is 0 Å². The highest BCUT2D eigenvalue weighted by atomic mass is 16.5. The van der Waals surface area contributed by atoms with Crippen LogP contribution in [0.2, 0.25) is 0 Å². The number of rotatable bonds is 6. The molecule has 0 bridgehead atoms. The quantitative estimate of drug-likeness (QED) is 0.531. The van der Waals surface area contributed by atoms with Crippen LogP contribution >= 0.6 is 0 Å². The molecule has 2 nitrogen and oxygen atoms in total. The third-order valence-electron chi connectivity index (χ3n) is 1.70. The zero-order chi connectivity index (χ0) is 7.82. The standard InChI is InChI=1S/C8H15O2/c1-3-8(2)5-4-6-10-7-9/h8H,3-6H2,1-2H3. The van der Waals surface area contributed by atoms with E-state index in [9.17, 15) is 4.79 Å². The first-order valence-corrected chi connectivity index (χ1v) is 3.80. The van der Waals surface area contributed by atoms with Gasteiger partial charge in [0.15, 0.2) is 0 Å². The molecule has 0 aromatic heterocycles. The summed E-state index contributed by atoms with van der Waals surface area (Å²) >= 11 is 0. The lowest BCUT2D eigenvalue weighted by molar-refractivity contribution is 0.261. The van der Waals surface area contributed by atoms with Gasteiger partial charge in [-0.3, -0.25) is 0 Å². The lowest BCUT2D eigenvalue weighted by Crippen LogP contribution is -1.96. The second-order valence-electron chi connectivity index (χ2n) is 2.59. The van der Waals surface area contributed by atoms with Gasteiger partial charge in [0, 0.05) is 0 Å². The molecule has 2 heteroatoms. The molecule has 0 N–H and O–H groups in total. The first kappa shape index (κ1) is 9.47. The molecule has 0 aromatic rings. The maximum absolute atomic E-state index is 9.57. The number of hydrogen-bond acceptors (Lipinski definition) is 2. The Balaban J connectivity index is 2.95. The minimum absolute atomic E-state index is 0.522. The molecule has 0 aliphatic heterocycles. The van der Waals surface area contributed by atoms with Crippen molar-refractivity contribution < 1.29 is 9.53 Å². The van der Waals surface area contributed by atoms with Crippen LogP contribution in [0.5, 0.6) is 0 Å². The Bertz CT molecular complexity index is 81.3.